The Kier molecular flexibility index (Phi) is 13.8. The number of halogens is 2. The predicted molar refractivity (Wildman–Crippen MR) is 126 cm³/mol. The van der Waals surface area contributed by atoms with Crippen molar-refractivity contribution in [1.29, 1.82) is 0 Å². The number of hydrogen-bond donors (Lipinski definition) is 0. The third-order valence-electron chi connectivity index (χ3n) is 4.06. The Labute approximate surface area is 192 Å². The zero-order valence-corrected chi connectivity index (χ0v) is 21.8. The van der Waals surface area contributed by atoms with Gasteiger partial charge in [0.15, 0.2) is 0 Å². The van der Waals surface area contributed by atoms with Crippen molar-refractivity contribution in [3.63, 3.8) is 0 Å². The van der Waals surface area contributed by atoms with Crippen molar-refractivity contribution >= 4 is 48.8 Å². The van der Waals surface area contributed by atoms with Crippen LogP contribution >= 0.6 is 17.0 Å². The standard InChI is InChI=1S/2C10H9.C4H9Si.2ClH.Zr/c2*1-8-6-9-4-2-3-5-10(9)7-8;1-2-3-4-5;;;/h2*2-7H,1H3;2-4H2,1H3;2*1H;/q2*-1;;;;+4/p-2. The van der Waals surface area contributed by atoms with Gasteiger partial charge < -0.3 is 0 Å². The van der Waals surface area contributed by atoms with Crippen molar-refractivity contribution in [2.24, 2.45) is 0 Å². The van der Waals surface area contributed by atoms with Gasteiger partial charge in [0.05, 0.1) is 0 Å². The van der Waals surface area contributed by atoms with Crippen LogP contribution in [-0.2, 0) is 20.8 Å². The van der Waals surface area contributed by atoms with Crippen molar-refractivity contribution in [3.8, 4) is 0 Å². The second kappa shape index (κ2) is 15.2. The van der Waals surface area contributed by atoms with E-state index in [0.29, 0.717) is 0 Å². The van der Waals surface area contributed by atoms with Gasteiger partial charge in [0, 0.05) is 10.2 Å². The van der Waals surface area contributed by atoms with Crippen molar-refractivity contribution < 1.29 is 20.8 Å². The molecule has 4 aromatic rings. The van der Waals surface area contributed by atoms with Crippen LogP contribution in [-0.4, -0.2) is 10.2 Å². The van der Waals surface area contributed by atoms with E-state index in [1.165, 1.54) is 45.5 Å². The molecule has 0 aliphatic rings. The van der Waals surface area contributed by atoms with E-state index >= 15 is 0 Å². The normalized spacial score (nSPS) is 9.36. The molecule has 145 valence electrons. The van der Waals surface area contributed by atoms with Gasteiger partial charge in [-0.25, -0.2) is 0 Å². The molecule has 0 heterocycles. The average Bonchev–Trinajstić information content (AvgIpc) is 3.24. The topological polar surface area (TPSA) is 0 Å². The molecule has 28 heavy (non-hydrogen) atoms. The van der Waals surface area contributed by atoms with Crippen molar-refractivity contribution in [2.75, 3.05) is 0 Å². The van der Waals surface area contributed by atoms with Crippen molar-refractivity contribution in [2.45, 2.75) is 39.7 Å². The van der Waals surface area contributed by atoms with Crippen molar-refractivity contribution in [1.82, 2.24) is 0 Å². The first-order chi connectivity index (χ1) is 13.5. The maximum atomic E-state index is 4.93. The van der Waals surface area contributed by atoms with Crippen LogP contribution in [0.1, 0.15) is 30.9 Å². The fraction of sp³-hybridized carbons (Fsp3) is 0.250. The average molecular weight is 506 g/mol. The second-order valence-corrected chi connectivity index (χ2v) is 10.7. The molecule has 3 radical (unpaired) electrons. The number of hydrogen-bond acceptors (Lipinski definition) is 0. The molecule has 0 aliphatic heterocycles. The third-order valence-corrected chi connectivity index (χ3v) is 4.41. The van der Waals surface area contributed by atoms with E-state index < -0.39 is 20.8 Å². The van der Waals surface area contributed by atoms with Gasteiger partial charge in [0.1, 0.15) is 0 Å². The van der Waals surface area contributed by atoms with Gasteiger partial charge >= 0.3 is 37.9 Å². The number of fused-ring (bicyclic) bond motifs is 2. The Bertz CT molecular complexity index is 771. The zero-order valence-electron chi connectivity index (χ0n) is 16.8. The summed E-state index contributed by atoms with van der Waals surface area (Å²) in [5.74, 6) is 0. The molecule has 4 aromatic carbocycles. The number of aryl methyl sites for hydroxylation is 2. The maximum absolute atomic E-state index is 4.93. The fourth-order valence-corrected chi connectivity index (χ4v) is 3.14. The molecule has 0 unspecified atom stereocenters. The number of benzene rings is 2. The van der Waals surface area contributed by atoms with E-state index in [2.05, 4.69) is 104 Å². The van der Waals surface area contributed by atoms with Gasteiger partial charge in [-0.2, -0.15) is 12.1 Å². The van der Waals surface area contributed by atoms with Crippen LogP contribution < -0.4 is 0 Å². The van der Waals surface area contributed by atoms with E-state index in [1.807, 2.05) is 0 Å². The molecule has 0 N–H and O–H groups in total. The van der Waals surface area contributed by atoms with Crippen LogP contribution in [0.2, 0.25) is 6.04 Å². The summed E-state index contributed by atoms with van der Waals surface area (Å²) in [7, 11) is 13.2. The van der Waals surface area contributed by atoms with Gasteiger partial charge in [0.2, 0.25) is 0 Å². The molecule has 0 fully saturated rings. The van der Waals surface area contributed by atoms with Crippen LogP contribution in [0, 0.1) is 13.8 Å². The Morgan fingerprint density at radius 1 is 0.821 bits per heavy atom. The van der Waals surface area contributed by atoms with Crippen LogP contribution in [0.25, 0.3) is 21.5 Å². The molecule has 0 saturated carbocycles. The van der Waals surface area contributed by atoms with E-state index in [0.717, 1.165) is 6.04 Å². The molecule has 0 saturated heterocycles. The Hall–Kier alpha value is -0.660. The Morgan fingerprint density at radius 3 is 1.50 bits per heavy atom. The summed E-state index contributed by atoms with van der Waals surface area (Å²) in [5, 5.41) is 5.39. The molecule has 0 nitrogen and oxygen atoms in total. The molecular formula is C24H27Cl2SiZr. The van der Waals surface area contributed by atoms with Gasteiger partial charge in [-0.05, 0) is 0 Å². The van der Waals surface area contributed by atoms with Crippen molar-refractivity contribution in [3.05, 3.63) is 83.9 Å². The summed E-state index contributed by atoms with van der Waals surface area (Å²) in [5.41, 5.74) is 2.70. The minimum absolute atomic E-state index is 0.826. The molecule has 0 atom stereocenters. The summed E-state index contributed by atoms with van der Waals surface area (Å²) >= 11 is -0.826. The minimum atomic E-state index is -0.826. The first kappa shape index (κ1) is 25.4. The first-order valence-electron chi connectivity index (χ1n) is 9.40. The quantitative estimate of drug-likeness (QED) is 0.189. The second-order valence-electron chi connectivity index (χ2n) is 6.50. The molecule has 0 aliphatic carbocycles. The fourth-order valence-electron chi connectivity index (χ4n) is 2.79. The molecule has 0 aromatic heterocycles. The van der Waals surface area contributed by atoms with Crippen LogP contribution in [0.5, 0.6) is 0 Å². The van der Waals surface area contributed by atoms with E-state index in [9.17, 15) is 0 Å². The summed E-state index contributed by atoms with van der Waals surface area (Å²) in [6.07, 6.45) is 2.60. The van der Waals surface area contributed by atoms with Crippen LogP contribution in [0.3, 0.4) is 0 Å². The summed E-state index contributed by atoms with van der Waals surface area (Å²) in [6, 6.07) is 26.8. The molecule has 4 heteroatoms. The zero-order chi connectivity index (χ0) is 20.8. The van der Waals surface area contributed by atoms with Gasteiger partial charge in [-0.15, -0.1) is 81.2 Å². The first-order valence-corrected chi connectivity index (χ1v) is 16.4. The molecule has 0 amide bonds. The SMILES string of the molecule is CCCC[Si].Cc1cc2ccccc2[cH-]1.Cc1cc2ccccc2[cH-]1.[Cl][Zr+2][Cl]. The Balaban J connectivity index is 0.000000207. The summed E-state index contributed by atoms with van der Waals surface area (Å²) in [6.45, 7) is 6.43. The Morgan fingerprint density at radius 2 is 1.21 bits per heavy atom. The van der Waals surface area contributed by atoms with E-state index in [-0.39, 0.29) is 0 Å². The van der Waals surface area contributed by atoms with Gasteiger partial charge in [0.25, 0.3) is 0 Å². The van der Waals surface area contributed by atoms with Gasteiger partial charge in [-0.3, -0.25) is 0 Å². The number of unbranched alkanes of at least 4 members (excludes halogenated alkanes) is 1. The molecule has 0 spiro atoms. The molecular weight excluding hydrogens is 478 g/mol. The predicted octanol–water partition coefficient (Wildman–Crippen LogP) is 8.48. The van der Waals surface area contributed by atoms with Crippen LogP contribution in [0.15, 0.2) is 72.8 Å². The summed E-state index contributed by atoms with van der Waals surface area (Å²) < 4.78 is 0. The van der Waals surface area contributed by atoms with Crippen LogP contribution in [0.4, 0.5) is 0 Å². The summed E-state index contributed by atoms with van der Waals surface area (Å²) in [4.78, 5) is 0. The van der Waals surface area contributed by atoms with E-state index in [4.69, 9.17) is 17.0 Å². The third kappa shape index (κ3) is 9.70. The monoisotopic (exact) mass is 503 g/mol. The van der Waals surface area contributed by atoms with Gasteiger partial charge in [-0.1, -0.05) is 51.8 Å². The number of rotatable bonds is 2. The van der Waals surface area contributed by atoms with E-state index in [1.54, 1.807) is 0 Å². The molecule has 4 rings (SSSR count). The molecule has 0 bridgehead atoms.